The van der Waals surface area contributed by atoms with Crippen molar-refractivity contribution in [3.05, 3.63) is 51.7 Å². The van der Waals surface area contributed by atoms with E-state index in [2.05, 4.69) is 31.3 Å². The molecule has 0 atom stereocenters. The molecule has 1 N–H and O–H groups in total. The van der Waals surface area contributed by atoms with Crippen molar-refractivity contribution >= 4 is 34.8 Å². The van der Waals surface area contributed by atoms with Crippen LogP contribution in [0.4, 0.5) is 0 Å². The summed E-state index contributed by atoms with van der Waals surface area (Å²) in [4.78, 5) is 26.4. The molecule has 0 radical (unpaired) electrons. The number of rotatable bonds is 8. The highest BCUT2D eigenvalue weighted by Crippen LogP contribution is 2.23. The van der Waals surface area contributed by atoms with Crippen LogP contribution in [0.5, 0.6) is 0 Å². The number of carbonyl (C=O) groups excluding carboxylic acids is 2. The first kappa shape index (κ1) is 18.7. The zero-order chi connectivity index (χ0) is 17.5. The van der Waals surface area contributed by atoms with E-state index < -0.39 is 0 Å². The Morgan fingerprint density at radius 3 is 2.42 bits per heavy atom. The van der Waals surface area contributed by atoms with Crippen molar-refractivity contribution in [2.75, 3.05) is 6.54 Å². The second kappa shape index (κ2) is 9.04. The van der Waals surface area contributed by atoms with Crippen LogP contribution in [-0.2, 0) is 17.6 Å². The van der Waals surface area contributed by atoms with E-state index in [9.17, 15) is 9.59 Å². The molecule has 1 aromatic heterocycles. The number of amides is 1. The van der Waals surface area contributed by atoms with Crippen molar-refractivity contribution in [1.82, 2.24) is 5.32 Å². The van der Waals surface area contributed by atoms with E-state index in [4.69, 9.17) is 0 Å². The molecule has 0 aliphatic rings. The second-order valence-corrected chi connectivity index (χ2v) is 8.73. The maximum atomic E-state index is 12.0. The van der Waals surface area contributed by atoms with Crippen LogP contribution in [0.3, 0.4) is 0 Å². The molecular formula is C19H23NO2S2. The highest BCUT2D eigenvalue weighted by atomic mass is 32.2. The van der Waals surface area contributed by atoms with Crippen molar-refractivity contribution in [1.29, 1.82) is 0 Å². The summed E-state index contributed by atoms with van der Waals surface area (Å²) >= 11 is 3.32. The Bertz CT molecular complexity index is 690. The third-order valence-electron chi connectivity index (χ3n) is 3.36. The zero-order valence-corrected chi connectivity index (χ0v) is 15.9. The zero-order valence-electron chi connectivity index (χ0n) is 14.3. The number of hydrogen-bond acceptors (Lipinski definition) is 4. The minimum Gasteiger partial charge on any atom is -0.355 e. The minimum atomic E-state index is 0.0302. The fourth-order valence-electron chi connectivity index (χ4n) is 2.23. The molecule has 1 aromatic carbocycles. The fraction of sp³-hybridized carbons (Fsp3) is 0.368. The van der Waals surface area contributed by atoms with Gasteiger partial charge in [0.1, 0.15) is 0 Å². The van der Waals surface area contributed by atoms with Crippen molar-refractivity contribution in [3.63, 3.8) is 0 Å². The molecule has 0 spiro atoms. The topological polar surface area (TPSA) is 46.2 Å². The van der Waals surface area contributed by atoms with Gasteiger partial charge in [-0.1, -0.05) is 26.0 Å². The van der Waals surface area contributed by atoms with Gasteiger partial charge in [-0.2, -0.15) is 0 Å². The van der Waals surface area contributed by atoms with Gasteiger partial charge in [0.25, 0.3) is 0 Å². The van der Waals surface area contributed by atoms with Crippen LogP contribution in [0.15, 0.2) is 41.3 Å². The van der Waals surface area contributed by atoms with Gasteiger partial charge in [0.2, 0.25) is 5.91 Å². The summed E-state index contributed by atoms with van der Waals surface area (Å²) in [6.45, 7) is 6.50. The predicted octanol–water partition coefficient (Wildman–Crippen LogP) is 4.35. The van der Waals surface area contributed by atoms with Crippen molar-refractivity contribution in [2.24, 2.45) is 0 Å². The molecule has 3 nitrogen and oxygen atoms in total. The summed E-state index contributed by atoms with van der Waals surface area (Å²) < 4.78 is 0. The molecule has 1 heterocycles. The van der Waals surface area contributed by atoms with Gasteiger partial charge in [0, 0.05) is 21.6 Å². The SMILES string of the molecule is CC(=O)c1ccc(CCNC(=O)Cc2ccc(SC(C)C)cc2)s1. The lowest BCUT2D eigenvalue weighted by Gasteiger charge is -2.07. The second-order valence-electron chi connectivity index (χ2n) is 5.91. The largest absolute Gasteiger partial charge is 0.355 e. The molecule has 0 fully saturated rings. The third kappa shape index (κ3) is 6.13. The molecule has 24 heavy (non-hydrogen) atoms. The van der Waals surface area contributed by atoms with E-state index >= 15 is 0 Å². The molecule has 0 unspecified atom stereocenters. The monoisotopic (exact) mass is 361 g/mol. The van der Waals surface area contributed by atoms with E-state index in [1.54, 1.807) is 6.92 Å². The van der Waals surface area contributed by atoms with Gasteiger partial charge in [-0.25, -0.2) is 0 Å². The molecular weight excluding hydrogens is 338 g/mol. The Labute approximate surface area is 151 Å². The van der Waals surface area contributed by atoms with Crippen LogP contribution in [0.25, 0.3) is 0 Å². The first-order chi connectivity index (χ1) is 11.4. The lowest BCUT2D eigenvalue weighted by molar-refractivity contribution is -0.120. The molecule has 2 aromatic rings. The normalized spacial score (nSPS) is 10.8. The van der Waals surface area contributed by atoms with Crippen molar-refractivity contribution in [3.8, 4) is 0 Å². The molecule has 128 valence electrons. The van der Waals surface area contributed by atoms with Crippen LogP contribution in [0, 0.1) is 0 Å². The Balaban J connectivity index is 1.75. The Kier molecular flexibility index (Phi) is 7.06. The number of hydrogen-bond donors (Lipinski definition) is 1. The van der Waals surface area contributed by atoms with Gasteiger partial charge < -0.3 is 5.32 Å². The van der Waals surface area contributed by atoms with Gasteiger partial charge in [0.15, 0.2) is 5.78 Å². The first-order valence-electron chi connectivity index (χ1n) is 8.06. The maximum Gasteiger partial charge on any atom is 0.224 e. The number of ketones is 1. The third-order valence-corrected chi connectivity index (χ3v) is 5.62. The molecule has 0 saturated carbocycles. The van der Waals surface area contributed by atoms with Crippen LogP contribution in [-0.4, -0.2) is 23.5 Å². The fourth-order valence-corrected chi connectivity index (χ4v) is 3.97. The van der Waals surface area contributed by atoms with Gasteiger partial charge in [-0.05, 0) is 43.2 Å². The standard InChI is InChI=1S/C19H23NO2S2/c1-13(2)23-16-6-4-15(5-7-16)12-19(22)20-11-10-17-8-9-18(24-17)14(3)21/h4-9,13H,10-12H2,1-3H3,(H,20,22). The molecule has 0 bridgehead atoms. The number of nitrogens with one attached hydrogen (secondary N) is 1. The highest BCUT2D eigenvalue weighted by molar-refractivity contribution is 7.99. The summed E-state index contributed by atoms with van der Waals surface area (Å²) in [6, 6.07) is 12.0. The molecule has 5 heteroatoms. The minimum absolute atomic E-state index is 0.0302. The average Bonchev–Trinajstić information content (AvgIpc) is 2.98. The number of carbonyl (C=O) groups is 2. The Morgan fingerprint density at radius 2 is 1.83 bits per heavy atom. The smallest absolute Gasteiger partial charge is 0.224 e. The van der Waals surface area contributed by atoms with Gasteiger partial charge in [0.05, 0.1) is 11.3 Å². The molecule has 0 aliphatic heterocycles. The van der Waals surface area contributed by atoms with Gasteiger partial charge in [-0.3, -0.25) is 9.59 Å². The quantitative estimate of drug-likeness (QED) is 0.561. The lowest BCUT2D eigenvalue weighted by atomic mass is 10.1. The van der Waals surface area contributed by atoms with E-state index in [1.165, 1.54) is 16.2 Å². The maximum absolute atomic E-state index is 12.0. The summed E-state index contributed by atoms with van der Waals surface area (Å²) in [5, 5.41) is 3.50. The summed E-state index contributed by atoms with van der Waals surface area (Å²) in [5.41, 5.74) is 1.02. The van der Waals surface area contributed by atoms with Gasteiger partial charge >= 0.3 is 0 Å². The number of thiophene rings is 1. The Morgan fingerprint density at radius 1 is 1.12 bits per heavy atom. The summed E-state index contributed by atoms with van der Waals surface area (Å²) in [5.74, 6) is 0.122. The first-order valence-corrected chi connectivity index (χ1v) is 9.75. The summed E-state index contributed by atoms with van der Waals surface area (Å²) in [7, 11) is 0. The molecule has 0 saturated heterocycles. The van der Waals surface area contributed by atoms with Gasteiger partial charge in [-0.15, -0.1) is 23.1 Å². The predicted molar refractivity (Wildman–Crippen MR) is 102 cm³/mol. The van der Waals surface area contributed by atoms with E-state index in [0.29, 0.717) is 18.2 Å². The lowest BCUT2D eigenvalue weighted by Crippen LogP contribution is -2.27. The molecule has 1 amide bonds. The Hall–Kier alpha value is -1.59. The van der Waals surface area contributed by atoms with Crippen LogP contribution < -0.4 is 5.32 Å². The molecule has 0 aliphatic carbocycles. The van der Waals surface area contributed by atoms with E-state index in [1.807, 2.05) is 36.0 Å². The molecule has 2 rings (SSSR count). The van der Waals surface area contributed by atoms with Crippen LogP contribution in [0.1, 0.15) is 40.9 Å². The number of thioether (sulfide) groups is 1. The van der Waals surface area contributed by atoms with Crippen LogP contribution >= 0.6 is 23.1 Å². The average molecular weight is 362 g/mol. The van der Waals surface area contributed by atoms with Crippen molar-refractivity contribution in [2.45, 2.75) is 43.8 Å². The number of benzene rings is 1. The van der Waals surface area contributed by atoms with Crippen LogP contribution in [0.2, 0.25) is 0 Å². The highest BCUT2D eigenvalue weighted by Gasteiger charge is 2.06. The number of Topliss-reactive ketones (excluding diaryl/α,β-unsaturated/α-hetero) is 1. The van der Waals surface area contributed by atoms with E-state index in [0.717, 1.165) is 21.7 Å². The van der Waals surface area contributed by atoms with E-state index in [-0.39, 0.29) is 11.7 Å². The summed E-state index contributed by atoms with van der Waals surface area (Å²) in [6.07, 6.45) is 1.16. The van der Waals surface area contributed by atoms with Crippen molar-refractivity contribution < 1.29 is 9.59 Å².